The summed E-state index contributed by atoms with van der Waals surface area (Å²) in [6, 6.07) is 13.5. The fraction of sp³-hybridized carbons (Fsp3) is 0.359. The Morgan fingerprint density at radius 3 is 1.83 bits per heavy atom. The van der Waals surface area contributed by atoms with Crippen LogP contribution >= 0.6 is 68.0 Å². The lowest BCUT2D eigenvalue weighted by molar-refractivity contribution is 0.101. The second-order valence-corrected chi connectivity index (χ2v) is 19.5. The van der Waals surface area contributed by atoms with Crippen molar-refractivity contribution in [3.63, 3.8) is 0 Å². The van der Waals surface area contributed by atoms with Crippen LogP contribution in [0.4, 0.5) is 4.39 Å². The first-order valence-electron chi connectivity index (χ1n) is 16.4. The fourth-order valence-corrected chi connectivity index (χ4v) is 13.1. The first-order valence-corrected chi connectivity index (χ1v) is 21.3. The largest absolute Gasteiger partial charge is 0.293 e. The number of halogens is 1. The van der Waals surface area contributed by atoms with Gasteiger partial charge in [0.05, 0.1) is 9.58 Å². The molecule has 0 bridgehead atoms. The van der Waals surface area contributed by atoms with Crippen molar-refractivity contribution in [3.8, 4) is 30.6 Å². The molecule has 0 spiro atoms. The van der Waals surface area contributed by atoms with Gasteiger partial charge in [0.1, 0.15) is 4.88 Å². The molecule has 0 N–H and O–H groups in total. The summed E-state index contributed by atoms with van der Waals surface area (Å²) < 4.78 is 19.1. The average molecular weight is 737 g/mol. The molecule has 7 rings (SSSR count). The summed E-state index contributed by atoms with van der Waals surface area (Å²) in [5.74, 6) is 0.427. The molecule has 0 fully saturated rings. The van der Waals surface area contributed by atoms with Crippen molar-refractivity contribution in [1.29, 1.82) is 0 Å². The predicted octanol–water partition coefficient (Wildman–Crippen LogP) is 15.7. The van der Waals surface area contributed by atoms with E-state index in [1.54, 1.807) is 22.7 Å². The molecule has 6 aromatic heterocycles. The third kappa shape index (κ3) is 6.59. The minimum atomic E-state index is -0.367. The van der Waals surface area contributed by atoms with Crippen LogP contribution in [-0.4, -0.2) is 5.78 Å². The highest BCUT2D eigenvalue weighted by atomic mass is 32.1. The number of carbonyl (C=O) groups is 1. The van der Waals surface area contributed by atoms with E-state index in [-0.39, 0.29) is 16.5 Å². The zero-order chi connectivity index (χ0) is 33.6. The topological polar surface area (TPSA) is 17.1 Å². The molecule has 0 unspecified atom stereocenters. The normalized spacial score (nSPS) is 11.8. The van der Waals surface area contributed by atoms with Gasteiger partial charge in [-0.25, -0.2) is 4.39 Å². The van der Waals surface area contributed by atoms with E-state index in [2.05, 4.69) is 77.9 Å². The van der Waals surface area contributed by atoms with Gasteiger partial charge in [-0.3, -0.25) is 4.79 Å². The quantitative estimate of drug-likeness (QED) is 0.135. The van der Waals surface area contributed by atoms with Gasteiger partial charge in [-0.2, -0.15) is 0 Å². The summed E-state index contributed by atoms with van der Waals surface area (Å²) in [6.07, 6.45) is 6.97. The van der Waals surface area contributed by atoms with Crippen LogP contribution in [0.5, 0.6) is 0 Å². The van der Waals surface area contributed by atoms with Gasteiger partial charge in [-0.05, 0) is 70.0 Å². The van der Waals surface area contributed by atoms with Crippen molar-refractivity contribution in [1.82, 2.24) is 0 Å². The first kappa shape index (κ1) is 34.7. The second-order valence-electron chi connectivity index (χ2n) is 12.3. The second kappa shape index (κ2) is 14.3. The molecule has 1 nitrogen and oxygen atoms in total. The number of aryl methyl sites for hydroxylation is 4. The number of unbranched alkanes of at least 4 members (excludes halogenated alkanes) is 1. The maximum atomic E-state index is 15.6. The van der Waals surface area contributed by atoms with E-state index in [9.17, 15) is 4.79 Å². The molecule has 1 aromatic carbocycles. The van der Waals surface area contributed by atoms with Gasteiger partial charge in [-0.15, -0.1) is 68.0 Å². The molecule has 0 radical (unpaired) electrons. The number of carbonyl (C=O) groups excluding carboxylic acids is 1. The highest BCUT2D eigenvalue weighted by Crippen LogP contribution is 2.55. The highest BCUT2D eigenvalue weighted by molar-refractivity contribution is 7.31. The SMILES string of the molecule is CC(=O)c1sc2c(C)sc(-c3cc4c(-c5ccc(C)s5)c5sc(C)cc5c(-c5ccc(C)s5)c4s3)c2c1F.CCCCC(CC)CC. The summed E-state index contributed by atoms with van der Waals surface area (Å²) in [5, 5.41) is 3.13. The summed E-state index contributed by atoms with van der Waals surface area (Å²) in [5.41, 5.74) is 2.57. The van der Waals surface area contributed by atoms with Crippen LogP contribution in [0, 0.1) is 39.4 Å². The van der Waals surface area contributed by atoms with Crippen molar-refractivity contribution >= 4 is 104 Å². The van der Waals surface area contributed by atoms with E-state index >= 15 is 4.39 Å². The molecule has 0 aliphatic heterocycles. The van der Waals surface area contributed by atoms with Crippen LogP contribution in [0.2, 0.25) is 0 Å². The molecule has 0 atom stereocenters. The van der Waals surface area contributed by atoms with Crippen LogP contribution < -0.4 is 0 Å². The summed E-state index contributed by atoms with van der Waals surface area (Å²) >= 11 is 10.2. The Bertz CT molecular complexity index is 2110. The fourth-order valence-electron chi connectivity index (χ4n) is 6.33. The molecule has 0 amide bonds. The predicted molar refractivity (Wildman–Crippen MR) is 215 cm³/mol. The third-order valence-corrected chi connectivity index (χ3v) is 15.9. The van der Waals surface area contributed by atoms with Crippen molar-refractivity contribution in [2.24, 2.45) is 5.92 Å². The van der Waals surface area contributed by atoms with Gasteiger partial charge in [0, 0.05) is 77.7 Å². The number of Topliss-reactive ketones (excluding diaryl/α,β-unsaturated/α-hetero) is 1. The zero-order valence-electron chi connectivity index (χ0n) is 28.3. The Hall–Kier alpha value is -2.20. The van der Waals surface area contributed by atoms with Crippen LogP contribution in [-0.2, 0) is 0 Å². The number of ketones is 1. The third-order valence-electron chi connectivity index (χ3n) is 8.87. The Balaban J connectivity index is 0.000000379. The lowest BCUT2D eigenvalue weighted by Gasteiger charge is -2.09. The smallest absolute Gasteiger partial charge is 0.172 e. The number of benzene rings is 1. The minimum absolute atomic E-state index is 0.211. The molecule has 0 aliphatic carbocycles. The van der Waals surface area contributed by atoms with E-state index in [1.165, 1.54) is 106 Å². The van der Waals surface area contributed by atoms with Crippen LogP contribution in [0.25, 0.3) is 60.9 Å². The van der Waals surface area contributed by atoms with Gasteiger partial charge in [0.15, 0.2) is 11.6 Å². The average Bonchev–Trinajstić information content (AvgIpc) is 3.88. The monoisotopic (exact) mass is 736 g/mol. The molecule has 6 heterocycles. The summed E-state index contributed by atoms with van der Waals surface area (Å²) in [7, 11) is 0. The maximum absolute atomic E-state index is 15.6. The molecular weight excluding hydrogens is 696 g/mol. The molecule has 0 saturated carbocycles. The highest BCUT2D eigenvalue weighted by Gasteiger charge is 2.27. The van der Waals surface area contributed by atoms with Gasteiger partial charge in [0.2, 0.25) is 0 Å². The van der Waals surface area contributed by atoms with E-state index in [1.807, 2.05) is 40.9 Å². The van der Waals surface area contributed by atoms with E-state index < -0.39 is 0 Å². The lowest BCUT2D eigenvalue weighted by Crippen LogP contribution is -1.95. The van der Waals surface area contributed by atoms with Crippen molar-refractivity contribution in [2.45, 2.75) is 87.5 Å². The number of fused-ring (bicyclic) bond motifs is 3. The Morgan fingerprint density at radius 1 is 0.702 bits per heavy atom. The molecule has 47 heavy (non-hydrogen) atoms. The maximum Gasteiger partial charge on any atom is 0.172 e. The standard InChI is InChI=1S/C30H21FOS6.C9H20/c1-12-6-8-19(33-12)22-17-10-14(3)35-28(17)23(20-9-7-13(2)34-20)18-11-21(37-29(18)22)30-24-25(31)26(15(4)32)38-27(24)16(5)36-30;1-4-7-8-9(5-2)6-3/h6-11H,1-5H3;9H,4-8H2,1-3H3. The minimum Gasteiger partial charge on any atom is -0.293 e. The number of thiophene rings is 6. The van der Waals surface area contributed by atoms with Gasteiger partial charge in [-0.1, -0.05) is 52.9 Å². The molecule has 0 aliphatic rings. The molecule has 246 valence electrons. The molecule has 0 saturated heterocycles. The number of hydrogen-bond acceptors (Lipinski definition) is 7. The van der Waals surface area contributed by atoms with Gasteiger partial charge < -0.3 is 0 Å². The Morgan fingerprint density at radius 2 is 1.30 bits per heavy atom. The van der Waals surface area contributed by atoms with Crippen molar-refractivity contribution < 1.29 is 9.18 Å². The van der Waals surface area contributed by atoms with Crippen LogP contribution in [0.1, 0.15) is 89.0 Å². The number of hydrogen-bond donors (Lipinski definition) is 0. The zero-order valence-corrected chi connectivity index (χ0v) is 33.2. The molecular formula is C39H41FOS6. The van der Waals surface area contributed by atoms with Crippen LogP contribution in [0.3, 0.4) is 0 Å². The van der Waals surface area contributed by atoms with Crippen molar-refractivity contribution in [2.75, 3.05) is 0 Å². The van der Waals surface area contributed by atoms with Crippen molar-refractivity contribution in [3.05, 3.63) is 66.6 Å². The molecule has 8 heteroatoms. The van der Waals surface area contributed by atoms with Gasteiger partial charge in [0.25, 0.3) is 0 Å². The summed E-state index contributed by atoms with van der Waals surface area (Å²) in [6.45, 7) is 16.8. The lowest BCUT2D eigenvalue weighted by atomic mass is 9.97. The Kier molecular flexibility index (Phi) is 10.6. The van der Waals surface area contributed by atoms with E-state index in [4.69, 9.17) is 0 Å². The number of rotatable bonds is 9. The van der Waals surface area contributed by atoms with E-state index in [0.29, 0.717) is 5.39 Å². The Labute approximate surface area is 301 Å². The molecule has 7 aromatic rings. The summed E-state index contributed by atoms with van der Waals surface area (Å²) in [4.78, 5) is 21.9. The van der Waals surface area contributed by atoms with E-state index in [0.717, 1.165) is 25.2 Å². The van der Waals surface area contributed by atoms with Crippen LogP contribution in [0.15, 0.2) is 36.4 Å². The van der Waals surface area contributed by atoms with Gasteiger partial charge >= 0.3 is 0 Å². The first-order chi connectivity index (χ1) is 22.6.